The molecule has 1 saturated heterocycles. The topological polar surface area (TPSA) is 68.3 Å². The lowest BCUT2D eigenvalue weighted by molar-refractivity contribution is 0.196. The predicted octanol–water partition coefficient (Wildman–Crippen LogP) is 2.17. The van der Waals surface area contributed by atoms with E-state index in [2.05, 4.69) is 20.8 Å². The van der Waals surface area contributed by atoms with E-state index in [4.69, 9.17) is 5.73 Å². The fraction of sp³-hybridized carbons (Fsp3) is 0.733. The summed E-state index contributed by atoms with van der Waals surface area (Å²) in [5.74, 6) is 0. The van der Waals surface area contributed by atoms with Gasteiger partial charge in [0, 0.05) is 38.1 Å². The largest absolute Gasteiger partial charge is 0.349 e. The lowest BCUT2D eigenvalue weighted by atomic mass is 9.83. The summed E-state index contributed by atoms with van der Waals surface area (Å²) in [5, 5.41) is 0. The minimum Gasteiger partial charge on any atom is -0.349 e. The minimum atomic E-state index is -3.39. The fourth-order valence-electron chi connectivity index (χ4n) is 2.77. The summed E-state index contributed by atoms with van der Waals surface area (Å²) >= 11 is 0. The molecule has 0 spiro atoms. The number of hydrogen-bond donors (Lipinski definition) is 1. The number of piperidine rings is 1. The highest BCUT2D eigenvalue weighted by molar-refractivity contribution is 7.89. The van der Waals surface area contributed by atoms with Crippen molar-refractivity contribution < 1.29 is 8.42 Å². The molecule has 0 atom stereocenters. The van der Waals surface area contributed by atoms with Crippen LogP contribution in [0.1, 0.15) is 45.7 Å². The van der Waals surface area contributed by atoms with Crippen molar-refractivity contribution in [3.05, 3.63) is 18.0 Å². The maximum absolute atomic E-state index is 12.8. The summed E-state index contributed by atoms with van der Waals surface area (Å²) in [4.78, 5) is 0.385. The van der Waals surface area contributed by atoms with E-state index in [1.165, 1.54) is 0 Å². The quantitative estimate of drug-likeness (QED) is 0.906. The molecule has 5 nitrogen and oxygen atoms in total. The molecule has 6 heteroatoms. The van der Waals surface area contributed by atoms with Gasteiger partial charge in [-0.15, -0.1) is 0 Å². The molecule has 1 aromatic heterocycles. The summed E-state index contributed by atoms with van der Waals surface area (Å²) in [5.41, 5.74) is 6.84. The fourth-order valence-corrected chi connectivity index (χ4v) is 4.28. The lowest BCUT2D eigenvalue weighted by Gasteiger charge is -2.35. The molecule has 0 amide bonds. The molecule has 1 aliphatic rings. The van der Waals surface area contributed by atoms with Crippen molar-refractivity contribution >= 4 is 10.0 Å². The van der Waals surface area contributed by atoms with Crippen LogP contribution >= 0.6 is 0 Å². The van der Waals surface area contributed by atoms with Gasteiger partial charge < -0.3 is 10.3 Å². The Kier molecular flexibility index (Phi) is 4.80. The Labute approximate surface area is 128 Å². The maximum atomic E-state index is 12.8. The van der Waals surface area contributed by atoms with E-state index in [9.17, 15) is 8.42 Å². The summed E-state index contributed by atoms with van der Waals surface area (Å²) in [6.07, 6.45) is 4.51. The van der Waals surface area contributed by atoms with Crippen molar-refractivity contribution in [2.75, 3.05) is 13.1 Å². The Morgan fingerprint density at radius 2 is 1.90 bits per heavy atom. The summed E-state index contributed by atoms with van der Waals surface area (Å²) in [6, 6.07) is 1.73. The van der Waals surface area contributed by atoms with Gasteiger partial charge in [-0.3, -0.25) is 0 Å². The average molecular weight is 313 g/mol. The van der Waals surface area contributed by atoms with Crippen LogP contribution in [0.3, 0.4) is 0 Å². The lowest BCUT2D eigenvalue weighted by Crippen LogP contribution is -2.40. The Balaban J connectivity index is 2.24. The molecule has 120 valence electrons. The summed E-state index contributed by atoms with van der Waals surface area (Å²) in [7, 11) is -3.39. The highest BCUT2D eigenvalue weighted by Gasteiger charge is 2.33. The molecule has 0 radical (unpaired) electrons. The molecule has 0 aliphatic carbocycles. The van der Waals surface area contributed by atoms with Crippen LogP contribution in [0, 0.1) is 5.41 Å². The molecule has 1 fully saturated rings. The summed E-state index contributed by atoms with van der Waals surface area (Å²) < 4.78 is 29.1. The SMILES string of the molecule is CCCn1cc(S(=O)(=O)N2CCC(C)(C)CC2)cc1CN. The smallest absolute Gasteiger partial charge is 0.244 e. The van der Waals surface area contributed by atoms with Gasteiger partial charge in [-0.25, -0.2) is 8.42 Å². The van der Waals surface area contributed by atoms with Crippen molar-refractivity contribution in [3.8, 4) is 0 Å². The van der Waals surface area contributed by atoms with E-state index < -0.39 is 10.0 Å². The van der Waals surface area contributed by atoms with E-state index in [0.717, 1.165) is 31.5 Å². The van der Waals surface area contributed by atoms with Crippen LogP contribution in [0.5, 0.6) is 0 Å². The number of nitrogens with zero attached hydrogens (tertiary/aromatic N) is 2. The van der Waals surface area contributed by atoms with Gasteiger partial charge in [-0.2, -0.15) is 4.31 Å². The monoisotopic (exact) mass is 313 g/mol. The second-order valence-electron chi connectivity index (χ2n) is 6.63. The zero-order valence-electron chi connectivity index (χ0n) is 13.3. The van der Waals surface area contributed by atoms with E-state index in [0.29, 0.717) is 24.5 Å². The molecule has 0 aromatic carbocycles. The Morgan fingerprint density at radius 1 is 1.29 bits per heavy atom. The minimum absolute atomic E-state index is 0.239. The van der Waals surface area contributed by atoms with Gasteiger partial charge in [0.25, 0.3) is 0 Å². The van der Waals surface area contributed by atoms with Crippen molar-refractivity contribution in [2.24, 2.45) is 11.1 Å². The van der Waals surface area contributed by atoms with Gasteiger partial charge in [0.15, 0.2) is 0 Å². The Bertz CT molecular complexity index is 580. The predicted molar refractivity (Wildman–Crippen MR) is 84.4 cm³/mol. The van der Waals surface area contributed by atoms with E-state index in [-0.39, 0.29) is 5.41 Å². The third-order valence-electron chi connectivity index (χ3n) is 4.35. The Hall–Kier alpha value is -0.850. The van der Waals surface area contributed by atoms with Gasteiger partial charge in [-0.05, 0) is 30.7 Å². The molecular formula is C15H27N3O2S. The molecule has 2 rings (SSSR count). The van der Waals surface area contributed by atoms with Crippen LogP contribution in [-0.2, 0) is 23.1 Å². The highest BCUT2D eigenvalue weighted by Crippen LogP contribution is 2.32. The van der Waals surface area contributed by atoms with Crippen LogP contribution in [0.15, 0.2) is 17.2 Å². The van der Waals surface area contributed by atoms with E-state index in [1.54, 1.807) is 16.6 Å². The van der Waals surface area contributed by atoms with Crippen LogP contribution in [-0.4, -0.2) is 30.4 Å². The third-order valence-corrected chi connectivity index (χ3v) is 6.21. The van der Waals surface area contributed by atoms with Crippen molar-refractivity contribution in [1.29, 1.82) is 0 Å². The zero-order chi connectivity index (χ0) is 15.7. The van der Waals surface area contributed by atoms with Crippen LogP contribution in [0.25, 0.3) is 0 Å². The number of sulfonamides is 1. The highest BCUT2D eigenvalue weighted by atomic mass is 32.2. The normalized spacial score (nSPS) is 19.8. The molecule has 2 heterocycles. The first-order chi connectivity index (χ1) is 9.80. The van der Waals surface area contributed by atoms with Crippen molar-refractivity contribution in [2.45, 2.75) is 58.0 Å². The molecule has 1 aromatic rings. The second-order valence-corrected chi connectivity index (χ2v) is 8.57. The third kappa shape index (κ3) is 3.49. The molecule has 21 heavy (non-hydrogen) atoms. The molecule has 0 unspecified atom stereocenters. The Morgan fingerprint density at radius 3 is 2.43 bits per heavy atom. The van der Waals surface area contributed by atoms with Gasteiger partial charge in [-0.1, -0.05) is 20.8 Å². The molecular weight excluding hydrogens is 286 g/mol. The summed E-state index contributed by atoms with van der Waals surface area (Å²) in [6.45, 7) is 8.83. The number of nitrogens with two attached hydrogens (primary N) is 1. The van der Waals surface area contributed by atoms with E-state index in [1.807, 2.05) is 4.57 Å². The van der Waals surface area contributed by atoms with E-state index >= 15 is 0 Å². The van der Waals surface area contributed by atoms with Gasteiger partial charge in [0.05, 0.1) is 0 Å². The first-order valence-corrected chi connectivity index (χ1v) is 9.13. The number of rotatable bonds is 5. The first kappa shape index (κ1) is 16.5. The zero-order valence-corrected chi connectivity index (χ0v) is 14.1. The van der Waals surface area contributed by atoms with Crippen LogP contribution in [0.2, 0.25) is 0 Å². The molecule has 0 saturated carbocycles. The maximum Gasteiger partial charge on any atom is 0.244 e. The van der Waals surface area contributed by atoms with Gasteiger partial charge in [0.1, 0.15) is 4.90 Å². The van der Waals surface area contributed by atoms with Gasteiger partial charge in [0.2, 0.25) is 10.0 Å². The van der Waals surface area contributed by atoms with Crippen LogP contribution < -0.4 is 5.73 Å². The standard InChI is InChI=1S/C15H27N3O2S/c1-4-7-17-12-14(10-13(17)11-16)21(19,20)18-8-5-15(2,3)6-9-18/h10,12H,4-9,11,16H2,1-3H3. The molecule has 1 aliphatic heterocycles. The second kappa shape index (κ2) is 6.10. The van der Waals surface area contributed by atoms with Crippen LogP contribution in [0.4, 0.5) is 0 Å². The molecule has 0 bridgehead atoms. The van der Waals surface area contributed by atoms with Crippen molar-refractivity contribution in [3.63, 3.8) is 0 Å². The van der Waals surface area contributed by atoms with Gasteiger partial charge >= 0.3 is 0 Å². The number of aryl methyl sites for hydroxylation is 1. The number of aromatic nitrogens is 1. The first-order valence-electron chi connectivity index (χ1n) is 7.69. The molecule has 2 N–H and O–H groups in total. The average Bonchev–Trinajstić information content (AvgIpc) is 2.82. The number of hydrogen-bond acceptors (Lipinski definition) is 3. The van der Waals surface area contributed by atoms with Crippen molar-refractivity contribution in [1.82, 2.24) is 8.87 Å².